The maximum atomic E-state index is 5.77. The first kappa shape index (κ1) is 15.6. The van der Waals surface area contributed by atoms with Crippen LogP contribution >= 0.6 is 24.0 Å². The van der Waals surface area contributed by atoms with E-state index in [1.54, 1.807) is 0 Å². The fraction of sp³-hybridized carbons (Fsp3) is 0.136. The van der Waals surface area contributed by atoms with Gasteiger partial charge in [0.25, 0.3) is 0 Å². The molecule has 3 aromatic rings. The molecule has 0 fully saturated rings. The van der Waals surface area contributed by atoms with E-state index in [1.807, 2.05) is 11.8 Å². The van der Waals surface area contributed by atoms with Gasteiger partial charge < -0.3 is 0 Å². The van der Waals surface area contributed by atoms with Gasteiger partial charge in [-0.2, -0.15) is 0 Å². The molecule has 0 amide bonds. The molecule has 24 heavy (non-hydrogen) atoms. The van der Waals surface area contributed by atoms with Gasteiger partial charge in [0, 0.05) is 5.56 Å². The van der Waals surface area contributed by atoms with Crippen molar-refractivity contribution >= 4 is 28.2 Å². The molecule has 1 aliphatic rings. The molecule has 2 heteroatoms. The summed E-state index contributed by atoms with van der Waals surface area (Å²) in [7, 11) is 0. The van der Waals surface area contributed by atoms with Crippen LogP contribution in [0, 0.1) is 13.8 Å². The monoisotopic (exact) mass is 346 g/mol. The molecule has 0 saturated carbocycles. The Morgan fingerprint density at radius 3 is 1.67 bits per heavy atom. The fourth-order valence-electron chi connectivity index (χ4n) is 3.70. The van der Waals surface area contributed by atoms with Gasteiger partial charge in [0.2, 0.25) is 0 Å². The normalized spacial score (nSPS) is 15.3. The van der Waals surface area contributed by atoms with Crippen LogP contribution in [-0.2, 0) is 4.75 Å². The van der Waals surface area contributed by atoms with E-state index >= 15 is 0 Å². The summed E-state index contributed by atoms with van der Waals surface area (Å²) in [5, 5.41) is 0. The second-order valence-corrected chi connectivity index (χ2v) is 8.14. The Balaban J connectivity index is 2.13. The molecule has 0 radical (unpaired) electrons. The van der Waals surface area contributed by atoms with Crippen molar-refractivity contribution in [3.63, 3.8) is 0 Å². The average molecular weight is 347 g/mol. The molecule has 0 spiro atoms. The molecule has 1 aliphatic heterocycles. The van der Waals surface area contributed by atoms with Crippen LogP contribution in [0.15, 0.2) is 72.8 Å². The SMILES string of the molecule is Cc1ccccc1C1(c2ccccc2C)SC(=S)c2ccccc21. The third-order valence-corrected chi connectivity index (χ3v) is 6.66. The molecule has 118 valence electrons. The van der Waals surface area contributed by atoms with E-state index in [0.717, 1.165) is 4.20 Å². The van der Waals surface area contributed by atoms with Gasteiger partial charge in [0.1, 0.15) is 0 Å². The quantitative estimate of drug-likeness (QED) is 0.521. The fourth-order valence-corrected chi connectivity index (χ4v) is 5.78. The van der Waals surface area contributed by atoms with Crippen molar-refractivity contribution in [3.8, 4) is 0 Å². The number of fused-ring (bicyclic) bond motifs is 1. The standard InChI is InChI=1S/C22H18S2/c1-15-9-3-6-12-18(15)22(19-13-7-4-10-16(19)2)20-14-8-5-11-17(20)21(23)24-22/h3-14H,1-2H3. The van der Waals surface area contributed by atoms with E-state index < -0.39 is 0 Å². The lowest BCUT2D eigenvalue weighted by molar-refractivity contribution is 0.884. The van der Waals surface area contributed by atoms with Crippen molar-refractivity contribution in [3.05, 3.63) is 106 Å². The summed E-state index contributed by atoms with van der Waals surface area (Å²) in [5.74, 6) is 0. The van der Waals surface area contributed by atoms with Gasteiger partial charge in [-0.3, -0.25) is 0 Å². The highest BCUT2D eigenvalue weighted by molar-refractivity contribution is 8.25. The number of benzene rings is 3. The number of hydrogen-bond acceptors (Lipinski definition) is 2. The number of thiocarbonyl (C=S) groups is 1. The van der Waals surface area contributed by atoms with E-state index in [-0.39, 0.29) is 4.75 Å². The molecule has 0 N–H and O–H groups in total. The van der Waals surface area contributed by atoms with E-state index in [2.05, 4.69) is 86.6 Å². The molecular formula is C22H18S2. The Morgan fingerprint density at radius 1 is 0.667 bits per heavy atom. The third kappa shape index (κ3) is 2.17. The first-order valence-electron chi connectivity index (χ1n) is 8.09. The van der Waals surface area contributed by atoms with Crippen molar-refractivity contribution in [2.45, 2.75) is 18.6 Å². The van der Waals surface area contributed by atoms with Crippen LogP contribution in [-0.4, -0.2) is 4.20 Å². The van der Waals surface area contributed by atoms with E-state index in [0.29, 0.717) is 0 Å². The summed E-state index contributed by atoms with van der Waals surface area (Å²) in [5.41, 5.74) is 7.77. The average Bonchev–Trinajstić information content (AvgIpc) is 2.90. The smallest absolute Gasteiger partial charge is 0.0924 e. The summed E-state index contributed by atoms with van der Waals surface area (Å²) in [4.78, 5) is 0. The maximum absolute atomic E-state index is 5.77. The van der Waals surface area contributed by atoms with Crippen LogP contribution in [0.4, 0.5) is 0 Å². The van der Waals surface area contributed by atoms with E-state index in [4.69, 9.17) is 12.2 Å². The van der Waals surface area contributed by atoms with E-state index in [1.165, 1.54) is 33.4 Å². The minimum Gasteiger partial charge on any atom is -0.0924 e. The van der Waals surface area contributed by atoms with Crippen LogP contribution in [0.1, 0.15) is 33.4 Å². The van der Waals surface area contributed by atoms with Crippen molar-refractivity contribution < 1.29 is 0 Å². The summed E-state index contributed by atoms with van der Waals surface area (Å²) in [6.45, 7) is 4.39. The highest BCUT2D eigenvalue weighted by Crippen LogP contribution is 2.57. The Kier molecular flexibility index (Phi) is 3.82. The molecule has 0 saturated heterocycles. The molecule has 0 aliphatic carbocycles. The van der Waals surface area contributed by atoms with Gasteiger partial charge in [-0.1, -0.05) is 96.8 Å². The topological polar surface area (TPSA) is 0 Å². The number of hydrogen-bond donors (Lipinski definition) is 0. The van der Waals surface area contributed by atoms with Crippen LogP contribution in [0.25, 0.3) is 0 Å². The molecule has 0 unspecified atom stereocenters. The van der Waals surface area contributed by atoms with Crippen molar-refractivity contribution in [1.82, 2.24) is 0 Å². The largest absolute Gasteiger partial charge is 0.0974 e. The van der Waals surface area contributed by atoms with Crippen LogP contribution in [0.5, 0.6) is 0 Å². The van der Waals surface area contributed by atoms with Crippen molar-refractivity contribution in [2.24, 2.45) is 0 Å². The van der Waals surface area contributed by atoms with Gasteiger partial charge in [-0.05, 0) is 41.7 Å². The summed E-state index contributed by atoms with van der Waals surface area (Å²) >= 11 is 7.58. The lowest BCUT2D eigenvalue weighted by Gasteiger charge is -2.33. The Labute approximate surface area is 152 Å². The summed E-state index contributed by atoms with van der Waals surface area (Å²) < 4.78 is 0.724. The molecular weight excluding hydrogens is 328 g/mol. The predicted molar refractivity (Wildman–Crippen MR) is 108 cm³/mol. The highest BCUT2D eigenvalue weighted by Gasteiger charge is 2.46. The lowest BCUT2D eigenvalue weighted by Crippen LogP contribution is -2.25. The van der Waals surface area contributed by atoms with Crippen LogP contribution in [0.2, 0.25) is 0 Å². The maximum Gasteiger partial charge on any atom is 0.0974 e. The molecule has 0 bridgehead atoms. The number of aryl methyl sites for hydroxylation is 2. The van der Waals surface area contributed by atoms with Gasteiger partial charge in [0.05, 0.1) is 8.94 Å². The Hall–Kier alpha value is -1.90. The first-order chi connectivity index (χ1) is 11.6. The zero-order valence-electron chi connectivity index (χ0n) is 13.7. The van der Waals surface area contributed by atoms with Gasteiger partial charge in [0.15, 0.2) is 0 Å². The second-order valence-electron chi connectivity index (χ2n) is 6.25. The van der Waals surface area contributed by atoms with Gasteiger partial charge >= 0.3 is 0 Å². The highest BCUT2D eigenvalue weighted by atomic mass is 32.2. The minimum atomic E-state index is -0.260. The summed E-state index contributed by atoms with van der Waals surface area (Å²) in [6.07, 6.45) is 0. The first-order valence-corrected chi connectivity index (χ1v) is 9.32. The molecule has 0 aromatic heterocycles. The Morgan fingerprint density at radius 2 is 1.12 bits per heavy atom. The van der Waals surface area contributed by atoms with Crippen LogP contribution in [0.3, 0.4) is 0 Å². The minimum absolute atomic E-state index is 0.260. The van der Waals surface area contributed by atoms with E-state index in [9.17, 15) is 0 Å². The van der Waals surface area contributed by atoms with Gasteiger partial charge in [-0.25, -0.2) is 0 Å². The van der Waals surface area contributed by atoms with Crippen molar-refractivity contribution in [2.75, 3.05) is 0 Å². The second kappa shape index (κ2) is 5.87. The molecule has 0 nitrogen and oxygen atoms in total. The molecule has 0 atom stereocenters. The zero-order chi connectivity index (χ0) is 16.7. The Bertz CT molecular complexity index is 894. The number of rotatable bonds is 2. The molecule has 4 rings (SSSR count). The van der Waals surface area contributed by atoms with Crippen LogP contribution < -0.4 is 0 Å². The zero-order valence-corrected chi connectivity index (χ0v) is 15.4. The number of thioether (sulfide) groups is 1. The molecule has 1 heterocycles. The summed E-state index contributed by atoms with van der Waals surface area (Å²) in [6, 6.07) is 26.0. The predicted octanol–water partition coefficient (Wildman–Crippen LogP) is 6.02. The van der Waals surface area contributed by atoms with Gasteiger partial charge in [-0.15, -0.1) is 0 Å². The molecule has 3 aromatic carbocycles. The third-order valence-electron chi connectivity index (χ3n) is 4.82. The van der Waals surface area contributed by atoms with Crippen molar-refractivity contribution in [1.29, 1.82) is 0 Å². The lowest BCUT2D eigenvalue weighted by atomic mass is 9.79.